The van der Waals surface area contributed by atoms with Gasteiger partial charge in [-0.05, 0) is 35.9 Å². The van der Waals surface area contributed by atoms with Crippen molar-refractivity contribution in [2.24, 2.45) is 0 Å². The highest BCUT2D eigenvalue weighted by Crippen LogP contribution is 2.36. The van der Waals surface area contributed by atoms with Crippen molar-refractivity contribution in [3.8, 4) is 21.9 Å². The van der Waals surface area contributed by atoms with Crippen LogP contribution in [0.15, 0.2) is 30.3 Å². The lowest BCUT2D eigenvalue weighted by Gasteiger charge is -2.08. The Kier molecular flexibility index (Phi) is 3.36. The van der Waals surface area contributed by atoms with Gasteiger partial charge in [-0.1, -0.05) is 11.6 Å². The van der Waals surface area contributed by atoms with Crippen LogP contribution in [-0.4, -0.2) is 14.2 Å². The molecule has 2 nitrogen and oxygen atoms in total. The van der Waals surface area contributed by atoms with Gasteiger partial charge in [0.1, 0.15) is 0 Å². The largest absolute Gasteiger partial charge is 0.493 e. The lowest BCUT2D eigenvalue weighted by molar-refractivity contribution is 0.355. The van der Waals surface area contributed by atoms with Crippen LogP contribution in [0.4, 0.5) is 0 Å². The van der Waals surface area contributed by atoms with Crippen LogP contribution in [0.2, 0.25) is 4.34 Å². The van der Waals surface area contributed by atoms with Gasteiger partial charge >= 0.3 is 0 Å². The van der Waals surface area contributed by atoms with Crippen LogP contribution in [0.25, 0.3) is 10.4 Å². The van der Waals surface area contributed by atoms with Gasteiger partial charge in [-0.25, -0.2) is 0 Å². The van der Waals surface area contributed by atoms with E-state index in [1.165, 1.54) is 0 Å². The van der Waals surface area contributed by atoms with Crippen molar-refractivity contribution in [2.45, 2.75) is 0 Å². The monoisotopic (exact) mass is 254 g/mol. The third-order valence-electron chi connectivity index (χ3n) is 2.24. The Balaban J connectivity index is 2.43. The molecule has 2 aromatic rings. The predicted octanol–water partition coefficient (Wildman–Crippen LogP) is 4.09. The standard InChI is InChI=1S/C12H11ClO2S/c1-14-9-4-3-8(7-10(9)15-2)11-5-6-12(13)16-11/h3-7H,1-2H3. The Labute approximate surface area is 103 Å². The smallest absolute Gasteiger partial charge is 0.161 e. The van der Waals surface area contributed by atoms with Gasteiger partial charge in [0.25, 0.3) is 0 Å². The molecule has 2 rings (SSSR count). The van der Waals surface area contributed by atoms with Crippen LogP contribution < -0.4 is 9.47 Å². The van der Waals surface area contributed by atoms with Crippen molar-refractivity contribution in [3.05, 3.63) is 34.7 Å². The maximum Gasteiger partial charge on any atom is 0.161 e. The first-order valence-corrected chi connectivity index (χ1v) is 5.92. The molecule has 0 aliphatic heterocycles. The summed E-state index contributed by atoms with van der Waals surface area (Å²) < 4.78 is 11.2. The second kappa shape index (κ2) is 4.76. The SMILES string of the molecule is COc1ccc(-c2ccc(Cl)s2)cc1OC. The van der Waals surface area contributed by atoms with Gasteiger partial charge in [-0.2, -0.15) is 0 Å². The molecule has 16 heavy (non-hydrogen) atoms. The van der Waals surface area contributed by atoms with Crippen molar-refractivity contribution in [2.75, 3.05) is 14.2 Å². The van der Waals surface area contributed by atoms with E-state index in [0.29, 0.717) is 0 Å². The van der Waals surface area contributed by atoms with Gasteiger partial charge in [0.15, 0.2) is 11.5 Å². The number of rotatable bonds is 3. The molecule has 0 atom stereocenters. The van der Waals surface area contributed by atoms with E-state index in [1.54, 1.807) is 25.6 Å². The molecular weight excluding hydrogens is 244 g/mol. The maximum atomic E-state index is 5.91. The summed E-state index contributed by atoms with van der Waals surface area (Å²) in [6.07, 6.45) is 0. The van der Waals surface area contributed by atoms with E-state index in [-0.39, 0.29) is 0 Å². The Morgan fingerprint density at radius 3 is 2.31 bits per heavy atom. The second-order valence-corrected chi connectivity index (χ2v) is 4.89. The third-order valence-corrected chi connectivity index (χ3v) is 3.52. The lowest BCUT2D eigenvalue weighted by Crippen LogP contribution is -1.90. The van der Waals surface area contributed by atoms with E-state index in [9.17, 15) is 0 Å². The first-order valence-electron chi connectivity index (χ1n) is 4.72. The number of methoxy groups -OCH3 is 2. The molecule has 0 saturated heterocycles. The zero-order chi connectivity index (χ0) is 11.5. The Morgan fingerprint density at radius 1 is 1.00 bits per heavy atom. The minimum Gasteiger partial charge on any atom is -0.493 e. The second-order valence-electron chi connectivity index (χ2n) is 3.17. The summed E-state index contributed by atoms with van der Waals surface area (Å²) in [5.74, 6) is 1.46. The summed E-state index contributed by atoms with van der Waals surface area (Å²) in [4.78, 5) is 1.12. The van der Waals surface area contributed by atoms with Gasteiger partial charge < -0.3 is 9.47 Å². The molecule has 0 spiro atoms. The summed E-state index contributed by atoms with van der Waals surface area (Å²) >= 11 is 7.45. The molecule has 0 saturated carbocycles. The van der Waals surface area contributed by atoms with Crippen molar-refractivity contribution >= 4 is 22.9 Å². The molecule has 0 amide bonds. The average Bonchev–Trinajstić information content (AvgIpc) is 2.75. The highest BCUT2D eigenvalue weighted by molar-refractivity contribution is 7.19. The first kappa shape index (κ1) is 11.3. The van der Waals surface area contributed by atoms with Crippen LogP contribution in [0.3, 0.4) is 0 Å². The normalized spacial score (nSPS) is 10.2. The Bertz CT molecular complexity index is 494. The zero-order valence-electron chi connectivity index (χ0n) is 8.99. The van der Waals surface area contributed by atoms with Crippen LogP contribution in [-0.2, 0) is 0 Å². The molecular formula is C12H11ClO2S. The quantitative estimate of drug-likeness (QED) is 0.822. The fourth-order valence-electron chi connectivity index (χ4n) is 1.46. The summed E-state index contributed by atoms with van der Waals surface area (Å²) in [6, 6.07) is 9.71. The Hall–Kier alpha value is -1.19. The van der Waals surface area contributed by atoms with Gasteiger partial charge in [0.05, 0.1) is 18.6 Å². The summed E-state index contributed by atoms with van der Waals surface area (Å²) in [7, 11) is 3.25. The molecule has 1 aromatic carbocycles. The Morgan fingerprint density at radius 2 is 1.75 bits per heavy atom. The van der Waals surface area contributed by atoms with E-state index < -0.39 is 0 Å². The minimum absolute atomic E-state index is 0.726. The van der Waals surface area contributed by atoms with Crippen molar-refractivity contribution in [1.29, 1.82) is 0 Å². The summed E-state index contributed by atoms with van der Waals surface area (Å²) in [5, 5.41) is 0. The van der Waals surface area contributed by atoms with Crippen LogP contribution in [0, 0.1) is 0 Å². The fraction of sp³-hybridized carbons (Fsp3) is 0.167. The van der Waals surface area contributed by atoms with Gasteiger partial charge in [-0.15, -0.1) is 11.3 Å². The number of benzene rings is 1. The maximum absolute atomic E-state index is 5.91. The highest BCUT2D eigenvalue weighted by atomic mass is 35.5. The predicted molar refractivity (Wildman–Crippen MR) is 67.9 cm³/mol. The van der Waals surface area contributed by atoms with Gasteiger partial charge in [0, 0.05) is 4.88 Å². The molecule has 0 unspecified atom stereocenters. The molecule has 0 fully saturated rings. The summed E-state index contributed by atoms with van der Waals surface area (Å²) in [5.41, 5.74) is 1.08. The van der Waals surface area contributed by atoms with E-state index in [0.717, 1.165) is 26.3 Å². The van der Waals surface area contributed by atoms with Crippen molar-refractivity contribution in [3.63, 3.8) is 0 Å². The van der Waals surface area contributed by atoms with Crippen LogP contribution in [0.5, 0.6) is 11.5 Å². The topological polar surface area (TPSA) is 18.5 Å². The van der Waals surface area contributed by atoms with Crippen LogP contribution in [0.1, 0.15) is 0 Å². The number of halogens is 1. The third kappa shape index (κ3) is 2.15. The van der Waals surface area contributed by atoms with E-state index in [1.807, 2.05) is 30.3 Å². The fourth-order valence-corrected chi connectivity index (χ4v) is 2.50. The number of hydrogen-bond acceptors (Lipinski definition) is 3. The average molecular weight is 255 g/mol. The summed E-state index contributed by atoms with van der Waals surface area (Å²) in [6.45, 7) is 0. The molecule has 0 radical (unpaired) electrons. The molecule has 4 heteroatoms. The van der Waals surface area contributed by atoms with Crippen molar-refractivity contribution in [1.82, 2.24) is 0 Å². The number of hydrogen-bond donors (Lipinski definition) is 0. The number of ether oxygens (including phenoxy) is 2. The molecule has 84 valence electrons. The molecule has 0 N–H and O–H groups in total. The number of thiophene rings is 1. The molecule has 0 aliphatic carbocycles. The van der Waals surface area contributed by atoms with Gasteiger partial charge in [0.2, 0.25) is 0 Å². The van der Waals surface area contributed by atoms with Crippen molar-refractivity contribution < 1.29 is 9.47 Å². The molecule has 0 aliphatic rings. The first-order chi connectivity index (χ1) is 7.74. The lowest BCUT2D eigenvalue weighted by atomic mass is 10.1. The van der Waals surface area contributed by atoms with E-state index in [4.69, 9.17) is 21.1 Å². The highest BCUT2D eigenvalue weighted by Gasteiger charge is 2.07. The molecule has 0 bridgehead atoms. The zero-order valence-corrected chi connectivity index (χ0v) is 10.6. The van der Waals surface area contributed by atoms with E-state index >= 15 is 0 Å². The minimum atomic E-state index is 0.726. The van der Waals surface area contributed by atoms with E-state index in [2.05, 4.69) is 0 Å². The van der Waals surface area contributed by atoms with Crippen LogP contribution >= 0.6 is 22.9 Å². The molecule has 1 aromatic heterocycles. The van der Waals surface area contributed by atoms with Gasteiger partial charge in [-0.3, -0.25) is 0 Å². The molecule has 1 heterocycles.